The average Bonchev–Trinajstić information content (AvgIpc) is 3.02. The highest BCUT2D eigenvalue weighted by atomic mass is 79.9. The molecule has 2 N–H and O–H groups in total. The Morgan fingerprint density at radius 1 is 1.45 bits per heavy atom. The molecule has 1 saturated heterocycles. The molecular formula is C16H19BrN2O3. The number of carbonyl (C=O) groups is 2. The van der Waals surface area contributed by atoms with Crippen LogP contribution in [0.1, 0.15) is 24.8 Å². The Labute approximate surface area is 137 Å². The highest BCUT2D eigenvalue weighted by Gasteiger charge is 2.55. The topological polar surface area (TPSA) is 69.6 Å². The van der Waals surface area contributed by atoms with Crippen molar-refractivity contribution in [2.45, 2.75) is 25.8 Å². The van der Waals surface area contributed by atoms with E-state index in [-0.39, 0.29) is 11.9 Å². The molecule has 3 rings (SSSR count). The minimum Gasteiger partial charge on any atom is -0.481 e. The van der Waals surface area contributed by atoms with Crippen LogP contribution in [0, 0.1) is 11.3 Å². The fraction of sp³-hybridized carbons (Fsp3) is 0.500. The minimum absolute atomic E-state index is 0.0987. The SMILES string of the molecule is O=C(NCc1cccc(Br)c1)N1C[C@@H]2CCC[C@@]2(C(=O)O)C1. The van der Waals surface area contributed by atoms with Gasteiger partial charge in [-0.3, -0.25) is 4.79 Å². The number of rotatable bonds is 3. The number of carbonyl (C=O) groups excluding carboxylic acids is 1. The Hall–Kier alpha value is -1.56. The van der Waals surface area contributed by atoms with Gasteiger partial charge in [0.25, 0.3) is 0 Å². The van der Waals surface area contributed by atoms with Crippen LogP contribution in [0.15, 0.2) is 28.7 Å². The summed E-state index contributed by atoms with van der Waals surface area (Å²) in [4.78, 5) is 25.6. The van der Waals surface area contributed by atoms with Crippen molar-refractivity contribution in [2.24, 2.45) is 11.3 Å². The third kappa shape index (κ3) is 2.72. The van der Waals surface area contributed by atoms with Crippen LogP contribution in [-0.4, -0.2) is 35.1 Å². The molecule has 1 saturated carbocycles. The lowest BCUT2D eigenvalue weighted by atomic mass is 9.81. The van der Waals surface area contributed by atoms with Crippen LogP contribution in [0.25, 0.3) is 0 Å². The zero-order valence-electron chi connectivity index (χ0n) is 12.2. The number of halogens is 1. The van der Waals surface area contributed by atoms with Gasteiger partial charge in [-0.2, -0.15) is 0 Å². The fourth-order valence-electron chi connectivity index (χ4n) is 3.73. The van der Waals surface area contributed by atoms with Crippen molar-refractivity contribution >= 4 is 27.9 Å². The lowest BCUT2D eigenvalue weighted by molar-refractivity contribution is -0.149. The van der Waals surface area contributed by atoms with Gasteiger partial charge in [0.05, 0.1) is 5.41 Å². The molecule has 6 heteroatoms. The van der Waals surface area contributed by atoms with Crippen molar-refractivity contribution in [3.8, 4) is 0 Å². The standard InChI is InChI=1S/C16H19BrN2O3/c17-13-5-1-3-11(7-13)8-18-15(22)19-9-12-4-2-6-16(12,10-19)14(20)21/h1,3,5,7,12H,2,4,6,8-10H2,(H,18,22)(H,20,21)/t12-,16+/m0/s1. The number of nitrogens with one attached hydrogen (secondary N) is 1. The van der Waals surface area contributed by atoms with Gasteiger partial charge in [0.1, 0.15) is 0 Å². The first-order chi connectivity index (χ1) is 10.5. The van der Waals surface area contributed by atoms with E-state index in [0.29, 0.717) is 26.1 Å². The molecule has 2 amide bonds. The Morgan fingerprint density at radius 3 is 2.95 bits per heavy atom. The second-order valence-corrected chi connectivity index (χ2v) is 7.14. The largest absolute Gasteiger partial charge is 0.481 e. The second-order valence-electron chi connectivity index (χ2n) is 6.22. The van der Waals surface area contributed by atoms with E-state index in [2.05, 4.69) is 21.2 Å². The number of aliphatic carboxylic acids is 1. The summed E-state index contributed by atoms with van der Waals surface area (Å²) in [5.41, 5.74) is 0.294. The Balaban J connectivity index is 1.61. The molecule has 0 radical (unpaired) electrons. The van der Waals surface area contributed by atoms with Gasteiger partial charge in [0.15, 0.2) is 0 Å². The summed E-state index contributed by atoms with van der Waals surface area (Å²) in [7, 11) is 0. The summed E-state index contributed by atoms with van der Waals surface area (Å²) < 4.78 is 0.972. The van der Waals surface area contributed by atoms with E-state index in [1.54, 1.807) is 4.90 Å². The molecular weight excluding hydrogens is 348 g/mol. The van der Waals surface area contributed by atoms with E-state index >= 15 is 0 Å². The molecule has 0 unspecified atom stereocenters. The van der Waals surface area contributed by atoms with Crippen molar-refractivity contribution in [3.05, 3.63) is 34.3 Å². The number of likely N-dealkylation sites (tertiary alicyclic amines) is 1. The summed E-state index contributed by atoms with van der Waals surface area (Å²) >= 11 is 3.40. The van der Waals surface area contributed by atoms with Gasteiger partial charge in [-0.25, -0.2) is 4.79 Å². The maximum Gasteiger partial charge on any atom is 0.317 e. The predicted molar refractivity (Wildman–Crippen MR) is 85.4 cm³/mol. The first-order valence-electron chi connectivity index (χ1n) is 7.52. The third-order valence-corrected chi connectivity index (χ3v) is 5.41. The molecule has 22 heavy (non-hydrogen) atoms. The van der Waals surface area contributed by atoms with Crippen molar-refractivity contribution in [1.29, 1.82) is 0 Å². The number of benzene rings is 1. The second kappa shape index (κ2) is 5.91. The van der Waals surface area contributed by atoms with Crippen LogP contribution in [-0.2, 0) is 11.3 Å². The van der Waals surface area contributed by atoms with Gasteiger partial charge in [-0.15, -0.1) is 0 Å². The van der Waals surface area contributed by atoms with E-state index in [1.807, 2.05) is 24.3 Å². The van der Waals surface area contributed by atoms with Crippen LogP contribution in [0.4, 0.5) is 4.79 Å². The van der Waals surface area contributed by atoms with Gasteiger partial charge in [-0.05, 0) is 36.5 Å². The number of urea groups is 1. The van der Waals surface area contributed by atoms with Gasteiger partial charge in [0.2, 0.25) is 0 Å². The van der Waals surface area contributed by atoms with Crippen LogP contribution in [0.2, 0.25) is 0 Å². The molecule has 2 atom stereocenters. The number of hydrogen-bond acceptors (Lipinski definition) is 2. The van der Waals surface area contributed by atoms with Crippen molar-refractivity contribution < 1.29 is 14.7 Å². The molecule has 1 aromatic carbocycles. The maximum atomic E-state index is 12.3. The van der Waals surface area contributed by atoms with Crippen LogP contribution >= 0.6 is 15.9 Å². The maximum absolute atomic E-state index is 12.3. The summed E-state index contributed by atoms with van der Waals surface area (Å²) in [6.07, 6.45) is 2.54. The van der Waals surface area contributed by atoms with Crippen LogP contribution in [0.3, 0.4) is 0 Å². The number of carboxylic acid groups (broad SMARTS) is 1. The molecule has 1 aliphatic carbocycles. The monoisotopic (exact) mass is 366 g/mol. The van der Waals surface area contributed by atoms with E-state index in [9.17, 15) is 14.7 Å². The molecule has 118 valence electrons. The van der Waals surface area contributed by atoms with Crippen LogP contribution < -0.4 is 5.32 Å². The molecule has 0 bridgehead atoms. The average molecular weight is 367 g/mol. The zero-order valence-corrected chi connectivity index (χ0v) is 13.8. The van der Waals surface area contributed by atoms with Gasteiger partial charge < -0.3 is 15.3 Å². The van der Waals surface area contributed by atoms with Gasteiger partial charge >= 0.3 is 12.0 Å². The molecule has 5 nitrogen and oxygen atoms in total. The number of carboxylic acids is 1. The lowest BCUT2D eigenvalue weighted by Gasteiger charge is -2.23. The van der Waals surface area contributed by atoms with E-state index in [4.69, 9.17) is 0 Å². The van der Waals surface area contributed by atoms with Gasteiger partial charge in [0, 0.05) is 24.1 Å². The van der Waals surface area contributed by atoms with E-state index in [1.165, 1.54) is 0 Å². The van der Waals surface area contributed by atoms with Crippen molar-refractivity contribution in [2.75, 3.05) is 13.1 Å². The molecule has 2 aliphatic rings. The van der Waals surface area contributed by atoms with E-state index in [0.717, 1.165) is 22.9 Å². The van der Waals surface area contributed by atoms with Crippen LogP contribution in [0.5, 0.6) is 0 Å². The highest BCUT2D eigenvalue weighted by molar-refractivity contribution is 9.10. The number of amides is 2. The van der Waals surface area contributed by atoms with Gasteiger partial charge in [-0.1, -0.05) is 34.5 Å². The Kier molecular flexibility index (Phi) is 4.12. The molecule has 1 aromatic rings. The molecule has 1 heterocycles. The quantitative estimate of drug-likeness (QED) is 0.863. The normalized spacial score (nSPS) is 26.8. The highest BCUT2D eigenvalue weighted by Crippen LogP contribution is 2.48. The third-order valence-electron chi connectivity index (χ3n) is 4.92. The van der Waals surface area contributed by atoms with Crippen molar-refractivity contribution in [3.63, 3.8) is 0 Å². The first kappa shape index (κ1) is 15.3. The zero-order chi connectivity index (χ0) is 15.7. The number of hydrogen-bond donors (Lipinski definition) is 2. The van der Waals surface area contributed by atoms with E-state index < -0.39 is 11.4 Å². The lowest BCUT2D eigenvalue weighted by Crippen LogP contribution is -2.41. The predicted octanol–water partition coefficient (Wildman–Crippen LogP) is 2.85. The molecule has 2 fully saturated rings. The Morgan fingerprint density at radius 2 is 2.27 bits per heavy atom. The number of fused-ring (bicyclic) bond motifs is 1. The summed E-state index contributed by atoms with van der Waals surface area (Å²) in [6.45, 7) is 1.33. The molecule has 0 aromatic heterocycles. The number of nitrogens with zero attached hydrogens (tertiary/aromatic N) is 1. The summed E-state index contributed by atoms with van der Waals surface area (Å²) in [5.74, 6) is -0.654. The smallest absolute Gasteiger partial charge is 0.317 e. The fourth-order valence-corrected chi connectivity index (χ4v) is 4.18. The summed E-state index contributed by atoms with van der Waals surface area (Å²) in [6, 6.07) is 7.59. The molecule has 1 aliphatic heterocycles. The first-order valence-corrected chi connectivity index (χ1v) is 8.31. The minimum atomic E-state index is -0.753. The van der Waals surface area contributed by atoms with Crippen molar-refractivity contribution in [1.82, 2.24) is 10.2 Å². The Bertz CT molecular complexity index is 607. The molecule has 0 spiro atoms. The summed E-state index contributed by atoms with van der Waals surface area (Å²) in [5, 5.41) is 12.4.